The second-order valence-corrected chi connectivity index (χ2v) is 6.98. The molecule has 0 unspecified atom stereocenters. The van der Waals surface area contributed by atoms with E-state index in [2.05, 4.69) is 35.6 Å². The van der Waals surface area contributed by atoms with Gasteiger partial charge in [0.2, 0.25) is 5.95 Å². The summed E-state index contributed by atoms with van der Waals surface area (Å²) in [5, 5.41) is 16.7. The van der Waals surface area contributed by atoms with Crippen LogP contribution in [0, 0.1) is 10.1 Å². The number of rotatable bonds is 8. The highest BCUT2D eigenvalue weighted by molar-refractivity contribution is 5.77. The molecule has 13 heteroatoms. The van der Waals surface area contributed by atoms with E-state index in [1.54, 1.807) is 12.4 Å². The number of halogens is 3. The molecule has 4 rings (SSSR count). The lowest BCUT2D eigenvalue weighted by atomic mass is 10.0. The average molecular weight is 470 g/mol. The van der Waals surface area contributed by atoms with Crippen molar-refractivity contribution in [2.45, 2.75) is 6.18 Å². The van der Waals surface area contributed by atoms with E-state index in [1.165, 1.54) is 30.5 Å². The summed E-state index contributed by atoms with van der Waals surface area (Å²) < 4.78 is 38.8. The number of alkyl halides is 3. The monoisotopic (exact) mass is 470 g/mol. The first kappa shape index (κ1) is 22.6. The molecule has 0 spiro atoms. The highest BCUT2D eigenvalue weighted by Gasteiger charge is 2.30. The average Bonchev–Trinajstić information content (AvgIpc) is 3.36. The fourth-order valence-electron chi connectivity index (χ4n) is 3.05. The predicted octanol–water partition coefficient (Wildman–Crippen LogP) is 4.38. The molecular weight excluding hydrogens is 453 g/mol. The van der Waals surface area contributed by atoms with Gasteiger partial charge in [-0.1, -0.05) is 12.1 Å². The lowest BCUT2D eigenvalue weighted by Gasteiger charge is -2.12. The van der Waals surface area contributed by atoms with Gasteiger partial charge >= 0.3 is 6.18 Å². The molecule has 0 radical (unpaired) electrons. The number of benzene rings is 1. The molecule has 0 bridgehead atoms. The van der Waals surface area contributed by atoms with Crippen LogP contribution in [0.3, 0.4) is 0 Å². The predicted molar refractivity (Wildman–Crippen MR) is 118 cm³/mol. The second kappa shape index (κ2) is 9.52. The van der Waals surface area contributed by atoms with Crippen LogP contribution in [0.5, 0.6) is 0 Å². The third-order valence-electron chi connectivity index (χ3n) is 4.70. The number of hydrogen-bond donors (Lipinski definition) is 3. The van der Waals surface area contributed by atoms with E-state index in [0.717, 1.165) is 18.3 Å². The topological polar surface area (TPSA) is 135 Å². The third kappa shape index (κ3) is 5.26. The zero-order chi connectivity index (χ0) is 24.1. The van der Waals surface area contributed by atoms with Crippen molar-refractivity contribution < 1.29 is 18.1 Å². The molecule has 3 N–H and O–H groups in total. The molecule has 174 valence electrons. The highest BCUT2D eigenvalue weighted by Crippen LogP contribution is 2.33. The first-order chi connectivity index (χ1) is 16.3. The van der Waals surface area contributed by atoms with Gasteiger partial charge in [0.1, 0.15) is 17.8 Å². The van der Waals surface area contributed by atoms with Gasteiger partial charge in [0.25, 0.3) is 5.69 Å². The Hall–Kier alpha value is -4.55. The Labute approximate surface area is 190 Å². The maximum absolute atomic E-state index is 12.9. The maximum atomic E-state index is 12.9. The minimum atomic E-state index is -4.44. The fourth-order valence-corrected chi connectivity index (χ4v) is 3.05. The van der Waals surface area contributed by atoms with Crippen molar-refractivity contribution in [1.29, 1.82) is 0 Å². The zero-order valence-electron chi connectivity index (χ0n) is 17.4. The molecule has 0 aliphatic heterocycles. The molecule has 1 aromatic carbocycles. The Morgan fingerprint density at radius 3 is 2.35 bits per heavy atom. The summed E-state index contributed by atoms with van der Waals surface area (Å²) in [5.74, 6) is 1.21. The lowest BCUT2D eigenvalue weighted by molar-refractivity contribution is -0.385. The summed E-state index contributed by atoms with van der Waals surface area (Å²) in [6, 6.07) is 7.53. The summed E-state index contributed by atoms with van der Waals surface area (Å²) in [6.45, 7) is 0.787. The number of pyridine rings is 1. The quantitative estimate of drug-likeness (QED) is 0.196. The molecular formula is C21H17F3N8O2. The van der Waals surface area contributed by atoms with Gasteiger partial charge in [-0.2, -0.15) is 13.2 Å². The zero-order valence-corrected chi connectivity index (χ0v) is 17.4. The summed E-state index contributed by atoms with van der Waals surface area (Å²) in [4.78, 5) is 30.0. The molecule has 0 saturated carbocycles. The van der Waals surface area contributed by atoms with Crippen molar-refractivity contribution in [2.24, 2.45) is 0 Å². The fraction of sp³-hybridized carbons (Fsp3) is 0.143. The largest absolute Gasteiger partial charge is 0.416 e. The van der Waals surface area contributed by atoms with Gasteiger partial charge in [-0.15, -0.1) is 0 Å². The molecule has 10 nitrogen and oxygen atoms in total. The van der Waals surface area contributed by atoms with Crippen molar-refractivity contribution in [3.05, 3.63) is 76.9 Å². The Balaban J connectivity index is 1.49. The summed E-state index contributed by atoms with van der Waals surface area (Å²) >= 11 is 0. The smallest absolute Gasteiger partial charge is 0.368 e. The van der Waals surface area contributed by atoms with Gasteiger partial charge in [0, 0.05) is 43.3 Å². The summed E-state index contributed by atoms with van der Waals surface area (Å²) in [7, 11) is 0. The van der Waals surface area contributed by atoms with Gasteiger partial charge in [0.05, 0.1) is 21.7 Å². The van der Waals surface area contributed by atoms with Crippen molar-refractivity contribution in [2.75, 3.05) is 23.7 Å². The molecule has 34 heavy (non-hydrogen) atoms. The normalized spacial score (nSPS) is 11.3. The van der Waals surface area contributed by atoms with Crippen molar-refractivity contribution in [3.63, 3.8) is 0 Å². The van der Waals surface area contributed by atoms with Crippen LogP contribution < -0.4 is 10.6 Å². The number of aromatic nitrogens is 5. The standard InChI is InChI=1S/C21H17F3N8O2/c22-21(23,24)14-3-1-13(2-4-14)18-16(19-26-8-9-27-19)12-30-20(31-18)28-10-7-25-17-6-5-15(11-29-17)32(33)34/h1-6,8-9,11-12H,7,10H2,(H,25,29)(H,26,27)(H,28,30,31). The van der Waals surface area contributed by atoms with E-state index in [1.807, 2.05) is 0 Å². The minimum absolute atomic E-state index is 0.107. The van der Waals surface area contributed by atoms with Crippen LogP contribution in [0.15, 0.2) is 61.2 Å². The molecule has 4 aromatic rings. The van der Waals surface area contributed by atoms with E-state index < -0.39 is 16.7 Å². The van der Waals surface area contributed by atoms with E-state index in [-0.39, 0.29) is 11.6 Å². The summed E-state index contributed by atoms with van der Waals surface area (Å²) in [5.41, 5.74) is 0.548. The summed E-state index contributed by atoms with van der Waals surface area (Å²) in [6.07, 6.45) is 1.42. The molecule has 0 amide bonds. The minimum Gasteiger partial charge on any atom is -0.368 e. The molecule has 0 atom stereocenters. The van der Waals surface area contributed by atoms with Crippen LogP contribution in [0.25, 0.3) is 22.6 Å². The van der Waals surface area contributed by atoms with Crippen molar-refractivity contribution in [1.82, 2.24) is 24.9 Å². The number of nitro groups is 1. The van der Waals surface area contributed by atoms with Crippen LogP contribution in [-0.4, -0.2) is 42.9 Å². The molecule has 0 aliphatic carbocycles. The first-order valence-electron chi connectivity index (χ1n) is 9.94. The van der Waals surface area contributed by atoms with Gasteiger partial charge in [-0.25, -0.2) is 19.9 Å². The van der Waals surface area contributed by atoms with E-state index in [4.69, 9.17) is 0 Å². The molecule has 0 saturated heterocycles. The second-order valence-electron chi connectivity index (χ2n) is 6.98. The third-order valence-corrected chi connectivity index (χ3v) is 4.70. The van der Waals surface area contributed by atoms with Gasteiger partial charge < -0.3 is 15.6 Å². The number of aromatic amines is 1. The number of nitrogens with zero attached hydrogens (tertiary/aromatic N) is 5. The Bertz CT molecular complexity index is 1260. The molecule has 0 aliphatic rings. The van der Waals surface area contributed by atoms with Crippen LogP contribution in [0.1, 0.15) is 5.56 Å². The lowest BCUT2D eigenvalue weighted by Crippen LogP contribution is -2.16. The number of nitrogens with one attached hydrogen (secondary N) is 3. The highest BCUT2D eigenvalue weighted by atomic mass is 19.4. The molecule has 3 heterocycles. The van der Waals surface area contributed by atoms with Crippen LogP contribution in [0.2, 0.25) is 0 Å². The van der Waals surface area contributed by atoms with E-state index in [9.17, 15) is 23.3 Å². The SMILES string of the molecule is O=[N+]([O-])c1ccc(NCCNc2ncc(-c3ncc[nH]3)c(-c3ccc(C(F)(F)F)cc3)n2)nc1. The van der Waals surface area contributed by atoms with Gasteiger partial charge in [-0.05, 0) is 18.2 Å². The van der Waals surface area contributed by atoms with Gasteiger partial charge in [0.15, 0.2) is 0 Å². The number of imidazole rings is 1. The number of hydrogen-bond acceptors (Lipinski definition) is 8. The molecule has 3 aromatic heterocycles. The molecule has 0 fully saturated rings. The van der Waals surface area contributed by atoms with E-state index >= 15 is 0 Å². The Morgan fingerprint density at radius 1 is 0.971 bits per heavy atom. The maximum Gasteiger partial charge on any atom is 0.416 e. The number of anilines is 2. The Kier molecular flexibility index (Phi) is 6.34. The van der Waals surface area contributed by atoms with Crippen molar-refractivity contribution in [3.8, 4) is 22.6 Å². The van der Waals surface area contributed by atoms with Crippen LogP contribution in [0.4, 0.5) is 30.6 Å². The van der Waals surface area contributed by atoms with Crippen LogP contribution >= 0.6 is 0 Å². The van der Waals surface area contributed by atoms with Crippen LogP contribution in [-0.2, 0) is 6.18 Å². The Morgan fingerprint density at radius 2 is 1.74 bits per heavy atom. The number of H-pyrrole nitrogens is 1. The van der Waals surface area contributed by atoms with E-state index in [0.29, 0.717) is 41.6 Å². The first-order valence-corrected chi connectivity index (χ1v) is 9.94. The van der Waals surface area contributed by atoms with Crippen molar-refractivity contribution >= 4 is 17.5 Å². The van der Waals surface area contributed by atoms with Gasteiger partial charge in [-0.3, -0.25) is 10.1 Å².